The molecule has 9 nitrogen and oxygen atoms in total. The summed E-state index contributed by atoms with van der Waals surface area (Å²) in [6.07, 6.45) is 1.14. The van der Waals surface area contributed by atoms with Crippen LogP contribution in [0.3, 0.4) is 0 Å². The van der Waals surface area contributed by atoms with Crippen LogP contribution in [0.2, 0.25) is 0 Å². The molecule has 2 atom stereocenters. The molecule has 5 rings (SSSR count). The maximum Gasteiger partial charge on any atom is 0.279 e. The molecule has 0 aliphatic carbocycles. The van der Waals surface area contributed by atoms with Crippen LogP contribution in [-0.4, -0.2) is 56.5 Å². The van der Waals surface area contributed by atoms with E-state index in [1.54, 1.807) is 7.11 Å². The predicted molar refractivity (Wildman–Crippen MR) is 154 cm³/mol. The lowest BCUT2D eigenvalue weighted by Crippen LogP contribution is -2.57. The first-order chi connectivity index (χ1) is 19.2. The van der Waals surface area contributed by atoms with Crippen molar-refractivity contribution in [3.63, 3.8) is 0 Å². The molecule has 40 heavy (non-hydrogen) atoms. The third-order valence-electron chi connectivity index (χ3n) is 7.79. The van der Waals surface area contributed by atoms with Crippen molar-refractivity contribution < 1.29 is 14.6 Å². The summed E-state index contributed by atoms with van der Waals surface area (Å²) in [7, 11) is 3.13. The van der Waals surface area contributed by atoms with Gasteiger partial charge >= 0.3 is 0 Å². The molecule has 3 heterocycles. The number of aliphatic hydroxyl groups is 1. The number of ether oxygens (including phenoxy) is 1. The van der Waals surface area contributed by atoms with Gasteiger partial charge in [0.1, 0.15) is 5.56 Å². The topological polar surface area (TPSA) is 110 Å². The van der Waals surface area contributed by atoms with Crippen molar-refractivity contribution in [3.8, 4) is 28.3 Å². The number of nitrogens with one attached hydrogen (secondary N) is 1. The fraction of sp³-hybridized carbons (Fsp3) is 0.290. The van der Waals surface area contributed by atoms with Gasteiger partial charge in [0, 0.05) is 49.2 Å². The minimum Gasteiger partial charge on any atom is -0.481 e. The maximum atomic E-state index is 12.9. The molecule has 1 aliphatic rings. The van der Waals surface area contributed by atoms with Crippen LogP contribution in [0.5, 0.6) is 5.88 Å². The summed E-state index contributed by atoms with van der Waals surface area (Å²) in [4.78, 5) is 32.3. The number of hydrogen-bond donors (Lipinski definition) is 2. The van der Waals surface area contributed by atoms with E-state index in [2.05, 4.69) is 22.2 Å². The average Bonchev–Trinajstić information content (AvgIpc) is 2.95. The Balaban J connectivity index is 1.45. The number of anilines is 1. The fourth-order valence-electron chi connectivity index (χ4n) is 5.14. The van der Waals surface area contributed by atoms with Crippen LogP contribution in [0.15, 0.2) is 65.6 Å². The van der Waals surface area contributed by atoms with Crippen LogP contribution in [-0.2, 0) is 13.6 Å². The third-order valence-corrected chi connectivity index (χ3v) is 7.79. The van der Waals surface area contributed by atoms with E-state index in [1.807, 2.05) is 62.4 Å². The van der Waals surface area contributed by atoms with Gasteiger partial charge in [0.15, 0.2) is 0 Å². The number of rotatable bonds is 7. The van der Waals surface area contributed by atoms with E-state index >= 15 is 0 Å². The molecular weight excluding hydrogens is 506 g/mol. The van der Waals surface area contributed by atoms with E-state index in [0.29, 0.717) is 24.7 Å². The molecular formula is C31H33N5O4. The normalized spacial score (nSPS) is 16.9. The first-order valence-electron chi connectivity index (χ1n) is 13.2. The monoisotopic (exact) mass is 539 g/mol. The number of aliphatic hydroxyl groups excluding tert-OH is 1. The molecule has 2 N–H and O–H groups in total. The van der Waals surface area contributed by atoms with Gasteiger partial charge in [0.25, 0.3) is 11.5 Å². The highest BCUT2D eigenvalue weighted by molar-refractivity contribution is 6.04. The van der Waals surface area contributed by atoms with Crippen LogP contribution in [0.1, 0.15) is 34.0 Å². The van der Waals surface area contributed by atoms with Crippen molar-refractivity contribution in [3.05, 3.63) is 93.4 Å². The van der Waals surface area contributed by atoms with Gasteiger partial charge in [-0.25, -0.2) is 9.67 Å². The van der Waals surface area contributed by atoms with Crippen molar-refractivity contribution in [2.45, 2.75) is 39.5 Å². The molecule has 0 radical (unpaired) electrons. The predicted octanol–water partition coefficient (Wildman–Crippen LogP) is 3.95. The van der Waals surface area contributed by atoms with E-state index in [1.165, 1.54) is 19.3 Å². The lowest BCUT2D eigenvalue weighted by molar-refractivity contribution is -0.0574. The Bertz CT molecular complexity index is 1650. The number of amides is 1. The van der Waals surface area contributed by atoms with Gasteiger partial charge in [-0.1, -0.05) is 36.4 Å². The summed E-state index contributed by atoms with van der Waals surface area (Å²) in [5.74, 6) is 0.0891. The molecule has 2 aromatic heterocycles. The van der Waals surface area contributed by atoms with Gasteiger partial charge in [0.2, 0.25) is 5.88 Å². The molecule has 0 saturated carbocycles. The lowest BCUT2D eigenvalue weighted by atomic mass is 9.91. The first-order valence-corrected chi connectivity index (χ1v) is 13.2. The number of pyridine rings is 1. The van der Waals surface area contributed by atoms with Gasteiger partial charge in [-0.3, -0.25) is 14.5 Å². The standard InChI is InChI=1S/C31H33N5O4/c1-18-22(23-9-7-11-26(19(23)2)33-29(38)25-14-15-32-35(4)31(25)39)8-6-10-24(18)27-13-12-21(30(34-27)40-5)16-36-17-28(37)20(36)3/h6-15,20,28,37H,16-17H2,1-5H3,(H,33,38). The van der Waals surface area contributed by atoms with Gasteiger partial charge in [-0.05, 0) is 61.2 Å². The third kappa shape index (κ3) is 5.01. The molecule has 2 unspecified atom stereocenters. The summed E-state index contributed by atoms with van der Waals surface area (Å²) in [6.45, 7) is 7.33. The number of benzene rings is 2. The van der Waals surface area contributed by atoms with Crippen LogP contribution >= 0.6 is 0 Å². The number of carbonyl (C=O) groups is 1. The molecule has 1 aliphatic heterocycles. The Hall–Kier alpha value is -4.34. The van der Waals surface area contributed by atoms with Gasteiger partial charge in [-0.15, -0.1) is 0 Å². The van der Waals surface area contributed by atoms with Crippen LogP contribution in [0, 0.1) is 13.8 Å². The number of hydrogen-bond acceptors (Lipinski definition) is 7. The molecule has 2 aromatic carbocycles. The second kappa shape index (κ2) is 11.0. The molecule has 1 fully saturated rings. The van der Waals surface area contributed by atoms with Gasteiger partial charge in [0.05, 0.1) is 18.9 Å². The Labute approximate surface area is 233 Å². The largest absolute Gasteiger partial charge is 0.481 e. The van der Waals surface area contributed by atoms with Crippen molar-refractivity contribution in [2.24, 2.45) is 7.05 Å². The molecule has 4 aromatic rings. The number of carbonyl (C=O) groups excluding carboxylic acids is 1. The van der Waals surface area contributed by atoms with E-state index < -0.39 is 11.5 Å². The smallest absolute Gasteiger partial charge is 0.279 e. The Morgan fingerprint density at radius 2 is 1.75 bits per heavy atom. The SMILES string of the molecule is COc1nc(-c2cccc(-c3cccc(NC(=O)c4ccnn(C)c4=O)c3C)c2C)ccc1CN1CC(O)C1C. The minimum absolute atomic E-state index is 0.0312. The number of β-amino-alcohol motifs (C(OH)–C–C–N with tert-alkyl or cyclic N) is 1. The zero-order valence-electron chi connectivity index (χ0n) is 23.3. The average molecular weight is 540 g/mol. The highest BCUT2D eigenvalue weighted by Gasteiger charge is 2.34. The molecule has 1 amide bonds. The summed E-state index contributed by atoms with van der Waals surface area (Å²) >= 11 is 0. The first kappa shape index (κ1) is 27.2. The van der Waals surface area contributed by atoms with E-state index in [4.69, 9.17) is 9.72 Å². The second-order valence-electron chi connectivity index (χ2n) is 10.2. The lowest BCUT2D eigenvalue weighted by Gasteiger charge is -2.43. The van der Waals surface area contributed by atoms with Gasteiger partial charge in [-0.2, -0.15) is 5.10 Å². The molecule has 206 valence electrons. The van der Waals surface area contributed by atoms with Crippen LogP contribution < -0.4 is 15.6 Å². The zero-order valence-corrected chi connectivity index (χ0v) is 23.3. The van der Waals surface area contributed by atoms with Crippen molar-refractivity contribution in [1.29, 1.82) is 0 Å². The van der Waals surface area contributed by atoms with Gasteiger partial charge < -0.3 is 15.2 Å². The number of methoxy groups -OCH3 is 1. The summed E-state index contributed by atoms with van der Waals surface area (Å²) < 4.78 is 6.79. The van der Waals surface area contributed by atoms with E-state index in [0.717, 1.165) is 43.8 Å². The highest BCUT2D eigenvalue weighted by Crippen LogP contribution is 2.36. The van der Waals surface area contributed by atoms with Crippen LogP contribution in [0.4, 0.5) is 5.69 Å². The Morgan fingerprint density at radius 3 is 2.45 bits per heavy atom. The number of nitrogens with zero attached hydrogens (tertiary/aromatic N) is 4. The fourth-order valence-corrected chi connectivity index (χ4v) is 5.14. The van der Waals surface area contributed by atoms with Crippen LogP contribution in [0.25, 0.3) is 22.4 Å². The minimum atomic E-state index is -0.479. The second-order valence-corrected chi connectivity index (χ2v) is 10.2. The van der Waals surface area contributed by atoms with E-state index in [-0.39, 0.29) is 17.7 Å². The Morgan fingerprint density at radius 1 is 1.05 bits per heavy atom. The zero-order chi connectivity index (χ0) is 28.6. The summed E-state index contributed by atoms with van der Waals surface area (Å²) in [5, 5.41) is 16.6. The number of aromatic nitrogens is 3. The van der Waals surface area contributed by atoms with Crippen molar-refractivity contribution >= 4 is 11.6 Å². The molecule has 0 spiro atoms. The Kier molecular flexibility index (Phi) is 7.51. The number of aryl methyl sites for hydroxylation is 1. The van der Waals surface area contributed by atoms with Crippen molar-refractivity contribution in [2.75, 3.05) is 19.0 Å². The maximum absolute atomic E-state index is 12.9. The molecule has 0 bridgehead atoms. The number of likely N-dealkylation sites (tertiary alicyclic amines) is 1. The summed E-state index contributed by atoms with van der Waals surface area (Å²) in [5.41, 5.74) is 6.85. The van der Waals surface area contributed by atoms with E-state index in [9.17, 15) is 14.7 Å². The highest BCUT2D eigenvalue weighted by atomic mass is 16.5. The summed E-state index contributed by atoms with van der Waals surface area (Å²) in [6, 6.07) is 17.4. The van der Waals surface area contributed by atoms with Crippen molar-refractivity contribution in [1.82, 2.24) is 19.7 Å². The molecule has 1 saturated heterocycles. The molecule has 9 heteroatoms. The quantitative estimate of drug-likeness (QED) is 0.366.